The molecule has 0 aliphatic carbocycles. The minimum Gasteiger partial charge on any atom is -0.508 e. The highest BCUT2D eigenvalue weighted by molar-refractivity contribution is 5.97. The van der Waals surface area contributed by atoms with Crippen LogP contribution in [0, 0.1) is 0 Å². The van der Waals surface area contributed by atoms with Crippen LogP contribution in [-0.2, 0) is 48.0 Å². The molecule has 72 heavy (non-hydrogen) atoms. The number of nitrogens with zero attached hydrogens (tertiary/aromatic N) is 3. The summed E-state index contributed by atoms with van der Waals surface area (Å²) in [7, 11) is 0. The molecule has 5 amide bonds. The van der Waals surface area contributed by atoms with Gasteiger partial charge >= 0.3 is 5.97 Å². The van der Waals surface area contributed by atoms with Gasteiger partial charge in [0.1, 0.15) is 41.7 Å². The molecule has 4 aromatic rings. The Kier molecular flexibility index (Phi) is 21.9. The number of guanidine groups is 3. The normalized spacial score (nSPS) is 13.4. The summed E-state index contributed by atoms with van der Waals surface area (Å²) in [5.74, 6) is -6.12. The van der Waals surface area contributed by atoms with Gasteiger partial charge in [-0.05, 0) is 85.5 Å². The van der Waals surface area contributed by atoms with Crippen molar-refractivity contribution in [1.29, 1.82) is 0 Å². The fourth-order valence-corrected chi connectivity index (χ4v) is 7.44. The van der Waals surface area contributed by atoms with E-state index in [1.54, 1.807) is 24.4 Å². The van der Waals surface area contributed by atoms with Gasteiger partial charge in [-0.15, -0.1) is 0 Å². The largest absolute Gasteiger partial charge is 0.508 e. The Morgan fingerprint density at radius 3 is 1.33 bits per heavy atom. The number of carbonyl (C=O) groups is 6. The van der Waals surface area contributed by atoms with Crippen molar-refractivity contribution in [3.63, 3.8) is 0 Å². The number of hydrogen-bond acceptors (Lipinski definition) is 12. The van der Waals surface area contributed by atoms with E-state index in [0.29, 0.717) is 23.1 Å². The van der Waals surface area contributed by atoms with Crippen LogP contribution in [0.1, 0.15) is 55.2 Å². The highest BCUT2D eigenvalue weighted by atomic mass is 16.4. The molecular formula is C47H66N16O9. The summed E-state index contributed by atoms with van der Waals surface area (Å²) in [5, 5.41) is 44.2. The standard InChI is InChI=1S/C47H66N16O9/c48-32(7-3-19-55-45(49)50)39(66)61-36(22-26-11-15-29(64)16-12-26)43(70)62-37(23-27-13-17-30(65)18-14-27)42(69)60-34(9-4-20-56-46(51)52)40(67)59-35(10-5-21-57-47(53)54)41(68)63-38(44(71)72)24-28-25-58-33-8-2-1-6-31(28)33/h1-2,6,8,11-18,25,32,34-38,58,64-65H,3-5,7,9-10,19-24,48H2,(H,59,67)(H,60,69)(H,61,66)(H,62,70)(H,63,68)(H,71,72)(H4,49,50,55)(H4,51,52,56)(H4,53,54,57)/t32-,34-,35-,36-,37-,38-/m0/s1. The van der Waals surface area contributed by atoms with Crippen LogP contribution in [0.15, 0.2) is 94.0 Å². The number of H-pyrrole nitrogens is 1. The van der Waals surface area contributed by atoms with Gasteiger partial charge in [0, 0.05) is 56.0 Å². The maximum Gasteiger partial charge on any atom is 0.326 e. The number of aliphatic carboxylic acids is 1. The molecule has 4 rings (SSSR count). The van der Waals surface area contributed by atoms with Crippen molar-refractivity contribution in [2.24, 2.45) is 55.1 Å². The van der Waals surface area contributed by atoms with Crippen LogP contribution in [-0.4, -0.2) is 130 Å². The van der Waals surface area contributed by atoms with E-state index in [2.05, 4.69) is 46.5 Å². The van der Waals surface area contributed by atoms with E-state index in [9.17, 15) is 44.1 Å². The number of hydrogen-bond donors (Lipinski definition) is 16. The number of aliphatic imine (C=N–C) groups is 3. The number of aromatic nitrogens is 1. The zero-order chi connectivity index (χ0) is 52.7. The molecule has 1 heterocycles. The number of rotatable bonds is 29. The fraction of sp³-hybridized carbons (Fsp3) is 0.383. The maximum atomic E-state index is 14.5. The Morgan fingerprint density at radius 2 is 0.889 bits per heavy atom. The van der Waals surface area contributed by atoms with Crippen molar-refractivity contribution in [3.8, 4) is 11.5 Å². The Hall–Kier alpha value is -8.61. The highest BCUT2D eigenvalue weighted by Gasteiger charge is 2.33. The van der Waals surface area contributed by atoms with E-state index in [1.807, 2.05) is 18.2 Å². The Morgan fingerprint density at radius 1 is 0.500 bits per heavy atom. The van der Waals surface area contributed by atoms with E-state index in [4.69, 9.17) is 40.1 Å². The number of fused-ring (bicyclic) bond motifs is 1. The van der Waals surface area contributed by atoms with Gasteiger partial charge in [-0.1, -0.05) is 42.5 Å². The monoisotopic (exact) mass is 999 g/mol. The second-order valence-corrected chi connectivity index (χ2v) is 16.9. The number of benzene rings is 3. The molecule has 0 unspecified atom stereocenters. The molecule has 3 aromatic carbocycles. The van der Waals surface area contributed by atoms with E-state index in [-0.39, 0.29) is 100 Å². The quantitative estimate of drug-likeness (QED) is 0.0153. The summed E-state index contributed by atoms with van der Waals surface area (Å²) in [6.45, 7) is 0.283. The predicted molar refractivity (Wildman–Crippen MR) is 271 cm³/mol. The van der Waals surface area contributed by atoms with Gasteiger partial charge < -0.3 is 87.0 Å². The molecule has 0 fully saturated rings. The molecule has 0 saturated heterocycles. The Labute approximate surface area is 414 Å². The zero-order valence-corrected chi connectivity index (χ0v) is 39.6. The number of amides is 5. The zero-order valence-electron chi connectivity index (χ0n) is 39.6. The predicted octanol–water partition coefficient (Wildman–Crippen LogP) is -2.40. The van der Waals surface area contributed by atoms with Crippen LogP contribution >= 0.6 is 0 Å². The van der Waals surface area contributed by atoms with Gasteiger partial charge in [0.25, 0.3) is 0 Å². The van der Waals surface area contributed by atoms with Gasteiger partial charge in [0.15, 0.2) is 17.9 Å². The lowest BCUT2D eigenvalue weighted by molar-refractivity contribution is -0.142. The number of aromatic hydroxyl groups is 2. The molecule has 388 valence electrons. The minimum absolute atomic E-state index is 0.0290. The lowest BCUT2D eigenvalue weighted by atomic mass is 10.0. The summed E-state index contributed by atoms with van der Waals surface area (Å²) in [5.41, 5.74) is 41.5. The first-order valence-corrected chi connectivity index (χ1v) is 23.1. The fourth-order valence-electron chi connectivity index (χ4n) is 7.44. The molecule has 23 N–H and O–H groups in total. The number of nitrogens with two attached hydrogens (primary N) is 7. The van der Waals surface area contributed by atoms with Crippen molar-refractivity contribution in [2.75, 3.05) is 19.6 Å². The van der Waals surface area contributed by atoms with Gasteiger partial charge in [-0.25, -0.2) is 4.79 Å². The number of carbonyl (C=O) groups excluding carboxylic acids is 5. The third-order valence-electron chi connectivity index (χ3n) is 11.2. The molecule has 6 atom stereocenters. The first kappa shape index (κ1) is 56.0. The number of nitrogens with one attached hydrogen (secondary N) is 6. The molecule has 0 saturated carbocycles. The Balaban J connectivity index is 1.64. The summed E-state index contributed by atoms with van der Waals surface area (Å²) < 4.78 is 0. The van der Waals surface area contributed by atoms with Crippen molar-refractivity contribution < 1.29 is 44.1 Å². The molecule has 0 bridgehead atoms. The minimum atomic E-state index is -1.44. The molecule has 0 aliphatic heterocycles. The second kappa shape index (κ2) is 28.2. The third-order valence-corrected chi connectivity index (χ3v) is 11.2. The van der Waals surface area contributed by atoms with Crippen LogP contribution in [0.25, 0.3) is 10.9 Å². The SMILES string of the molecule is NC(N)=NCCC[C@H](NC(=O)[C@H](CCCN=C(N)N)NC(=O)[C@H](Cc1ccc(O)cc1)NC(=O)[C@H](Cc1ccc(O)cc1)NC(=O)[C@@H](N)CCCN=C(N)N)C(=O)N[C@@H](Cc1c[nH]c2ccccc12)C(=O)O. The van der Waals surface area contributed by atoms with Crippen LogP contribution < -0.4 is 66.7 Å². The second-order valence-electron chi connectivity index (χ2n) is 16.9. The number of phenolic OH excluding ortho intramolecular Hbond substituents is 2. The first-order chi connectivity index (χ1) is 34.3. The molecule has 25 heteroatoms. The summed E-state index contributed by atoms with van der Waals surface area (Å²) in [6.07, 6.45) is 1.85. The van der Waals surface area contributed by atoms with Crippen molar-refractivity contribution in [2.45, 2.75) is 94.0 Å². The molecule has 0 aliphatic rings. The lowest BCUT2D eigenvalue weighted by Gasteiger charge is -2.27. The van der Waals surface area contributed by atoms with Gasteiger partial charge in [0.05, 0.1) is 6.04 Å². The van der Waals surface area contributed by atoms with E-state index < -0.39 is 71.8 Å². The summed E-state index contributed by atoms with van der Waals surface area (Å²) >= 11 is 0. The lowest BCUT2D eigenvalue weighted by Crippen LogP contribution is -2.60. The van der Waals surface area contributed by atoms with Crippen molar-refractivity contribution >= 4 is 64.3 Å². The molecule has 25 nitrogen and oxygen atoms in total. The molecule has 0 spiro atoms. The first-order valence-electron chi connectivity index (χ1n) is 23.1. The topological polar surface area (TPSA) is 458 Å². The van der Waals surface area contributed by atoms with Gasteiger partial charge in [-0.3, -0.25) is 38.9 Å². The molecular weight excluding hydrogens is 933 g/mol. The van der Waals surface area contributed by atoms with Crippen molar-refractivity contribution in [1.82, 2.24) is 31.6 Å². The highest BCUT2D eigenvalue weighted by Crippen LogP contribution is 2.20. The average Bonchev–Trinajstić information content (AvgIpc) is 3.74. The number of para-hydroxylation sites is 1. The summed E-state index contributed by atoms with van der Waals surface area (Å²) in [6, 6.07) is 10.8. The number of phenols is 2. The number of carboxylic acid groups (broad SMARTS) is 1. The molecule has 1 aromatic heterocycles. The van der Waals surface area contributed by atoms with Crippen LogP contribution in [0.4, 0.5) is 0 Å². The number of aromatic amines is 1. The van der Waals surface area contributed by atoms with Crippen LogP contribution in [0.3, 0.4) is 0 Å². The van der Waals surface area contributed by atoms with Crippen LogP contribution in [0.5, 0.6) is 11.5 Å². The molecule has 0 radical (unpaired) electrons. The third kappa shape index (κ3) is 19.1. The smallest absolute Gasteiger partial charge is 0.326 e. The van der Waals surface area contributed by atoms with Crippen molar-refractivity contribution in [3.05, 3.63) is 95.7 Å². The van der Waals surface area contributed by atoms with E-state index >= 15 is 0 Å². The van der Waals surface area contributed by atoms with Gasteiger partial charge in [-0.2, -0.15) is 0 Å². The summed E-state index contributed by atoms with van der Waals surface area (Å²) in [4.78, 5) is 98.2. The van der Waals surface area contributed by atoms with Crippen LogP contribution in [0.2, 0.25) is 0 Å². The van der Waals surface area contributed by atoms with E-state index in [0.717, 1.165) is 10.9 Å². The van der Waals surface area contributed by atoms with Gasteiger partial charge in [0.2, 0.25) is 29.5 Å². The number of carboxylic acids is 1. The Bertz CT molecular complexity index is 2540. The van der Waals surface area contributed by atoms with E-state index in [1.165, 1.54) is 36.4 Å². The average molecular weight is 999 g/mol. The maximum absolute atomic E-state index is 14.5.